The molecule has 0 amide bonds. The predicted octanol–water partition coefficient (Wildman–Crippen LogP) is 1.95. The van der Waals surface area contributed by atoms with Crippen LogP contribution in [0.4, 0.5) is 0 Å². The summed E-state index contributed by atoms with van der Waals surface area (Å²) < 4.78 is 7.47. The lowest BCUT2D eigenvalue weighted by Gasteiger charge is -1.96. The monoisotopic (exact) mass is 158 g/mol. The molecule has 0 spiro atoms. The van der Waals surface area contributed by atoms with Gasteiger partial charge in [-0.05, 0) is 6.07 Å². The maximum absolute atomic E-state index is 7.47. The van der Waals surface area contributed by atoms with Crippen molar-refractivity contribution < 1.29 is 1.41 Å². The van der Waals surface area contributed by atoms with E-state index in [0.29, 0.717) is 0 Å². The zero-order chi connectivity index (χ0) is 8.84. The molecule has 58 valence electrons. The summed E-state index contributed by atoms with van der Waals surface area (Å²) in [5.41, 5.74) is 2.91. The second kappa shape index (κ2) is 1.88. The number of nitrogens with zero attached hydrogens (tertiary/aromatic N) is 1. The highest BCUT2D eigenvalue weighted by molar-refractivity contribution is 5.82. The van der Waals surface area contributed by atoms with E-state index in [1.54, 1.807) is 0 Å². The van der Waals surface area contributed by atoms with E-state index in [2.05, 4.69) is 10.2 Å². The first kappa shape index (κ1) is 4.98. The number of H-pyrrole nitrogens is 2. The molecule has 0 saturated carbocycles. The summed E-state index contributed by atoms with van der Waals surface area (Å²) >= 11 is 0. The summed E-state index contributed by atoms with van der Waals surface area (Å²) in [5, 5.41) is 6.93. The van der Waals surface area contributed by atoms with Gasteiger partial charge in [0.05, 0.1) is 11.4 Å². The fraction of sp³-hybridized carbons (Fsp3) is 0. The van der Waals surface area contributed by atoms with Crippen LogP contribution in [0.15, 0.2) is 30.3 Å². The third kappa shape index (κ3) is 0.676. The third-order valence-corrected chi connectivity index (χ3v) is 1.96. The topological polar surface area (TPSA) is 44.5 Å². The van der Waals surface area contributed by atoms with Crippen LogP contribution in [0, 0.1) is 0 Å². The number of aromatic nitrogens is 3. The fourth-order valence-corrected chi connectivity index (χ4v) is 1.30. The summed E-state index contributed by atoms with van der Waals surface area (Å²) in [6, 6.07) is 9.80. The molecule has 2 N–H and O–H groups in total. The van der Waals surface area contributed by atoms with E-state index in [9.17, 15) is 0 Å². The number of aromatic amines is 2. The fourth-order valence-electron chi connectivity index (χ4n) is 1.30. The van der Waals surface area contributed by atoms with Crippen LogP contribution in [-0.2, 0) is 0 Å². The van der Waals surface area contributed by atoms with Gasteiger partial charge in [0.2, 0.25) is 0 Å². The number of fused-ring (bicyclic) bond motifs is 3. The van der Waals surface area contributed by atoms with Gasteiger partial charge < -0.3 is 4.98 Å². The number of nitrogens with one attached hydrogen (secondary N) is 2. The Hall–Kier alpha value is -1.77. The Labute approximate surface area is 70.6 Å². The zero-order valence-corrected chi connectivity index (χ0v) is 6.28. The molecule has 0 radical (unpaired) electrons. The van der Waals surface area contributed by atoms with E-state index in [4.69, 9.17) is 1.41 Å². The van der Waals surface area contributed by atoms with Crippen molar-refractivity contribution in [2.45, 2.75) is 0 Å². The van der Waals surface area contributed by atoms with Gasteiger partial charge in [-0.25, -0.2) is 0 Å². The van der Waals surface area contributed by atoms with Crippen LogP contribution in [0.2, 0.25) is 1.41 Å². The average molecular weight is 158 g/mol. The second-order valence-electron chi connectivity index (χ2n) is 2.75. The molecule has 0 aromatic rings. The Balaban J connectivity index is 2.40. The van der Waals surface area contributed by atoms with Crippen molar-refractivity contribution in [2.24, 2.45) is 0 Å². The molecule has 3 nitrogen and oxygen atoms in total. The lowest BCUT2D eigenvalue weighted by Crippen LogP contribution is -1.85. The molecule has 0 aromatic heterocycles. The molecule has 1 aliphatic carbocycles. The largest absolute Gasteiger partial charge is 0.333 e. The van der Waals surface area contributed by atoms with Crippen molar-refractivity contribution in [3.63, 3.8) is 0 Å². The van der Waals surface area contributed by atoms with Gasteiger partial charge in [0, 0.05) is 5.56 Å². The molecule has 0 unspecified atom stereocenters. The average Bonchev–Trinajstić information content (AvgIpc) is 2.83. The maximum atomic E-state index is 7.47. The van der Waals surface area contributed by atoms with Gasteiger partial charge in [-0.2, -0.15) is 5.10 Å². The third-order valence-electron chi connectivity index (χ3n) is 1.96. The van der Waals surface area contributed by atoms with E-state index in [-0.39, 0.29) is 0 Å². The van der Waals surface area contributed by atoms with Crippen molar-refractivity contribution in [3.05, 3.63) is 30.3 Å². The maximum Gasteiger partial charge on any atom is 0.175 e. The van der Waals surface area contributed by atoms with Gasteiger partial charge in [-0.1, -0.05) is 24.3 Å². The molecule has 0 bridgehead atoms. The molecule has 2 heterocycles. The van der Waals surface area contributed by atoms with Gasteiger partial charge >= 0.3 is 0 Å². The Kier molecular flexibility index (Phi) is 0.781. The first-order valence-electron chi connectivity index (χ1n) is 4.25. The van der Waals surface area contributed by atoms with Crippen LogP contribution < -0.4 is 0 Å². The van der Waals surface area contributed by atoms with Gasteiger partial charge in [-0.3, -0.25) is 5.10 Å². The smallest absolute Gasteiger partial charge is 0.175 e. The highest BCUT2D eigenvalue weighted by Gasteiger charge is 2.19. The molecule has 2 aliphatic heterocycles. The van der Waals surface area contributed by atoms with Crippen LogP contribution in [0.1, 0.15) is 0 Å². The molecule has 0 fully saturated rings. The van der Waals surface area contributed by atoms with Crippen molar-refractivity contribution in [1.82, 2.24) is 15.2 Å². The first-order valence-corrected chi connectivity index (χ1v) is 3.81. The summed E-state index contributed by atoms with van der Waals surface area (Å²) in [6.45, 7) is 0. The Morgan fingerprint density at radius 2 is 2.17 bits per heavy atom. The highest BCUT2D eigenvalue weighted by atomic mass is 15.2. The minimum absolute atomic E-state index is 0.721. The van der Waals surface area contributed by atoms with E-state index in [1.165, 1.54) is 4.98 Å². The van der Waals surface area contributed by atoms with Crippen molar-refractivity contribution in [2.75, 3.05) is 0 Å². The van der Waals surface area contributed by atoms with Gasteiger partial charge in [-0.15, -0.1) is 0 Å². The van der Waals surface area contributed by atoms with E-state index >= 15 is 0 Å². The van der Waals surface area contributed by atoms with E-state index in [1.807, 2.05) is 30.3 Å². The SMILES string of the molecule is [2H]n1c2n[nH]c3cccccc-3c1-2. The zero-order valence-electron chi connectivity index (χ0n) is 7.28. The standard InChI is InChI=1S/C9H7N3/c1-2-4-6-7(5-3-1)11-12-9-8(6)10-9/h1-5,11H,(H,10,12)/i/hD. The van der Waals surface area contributed by atoms with Crippen LogP contribution in [-0.4, -0.2) is 15.2 Å². The molecule has 0 aromatic carbocycles. The summed E-state index contributed by atoms with van der Waals surface area (Å²) in [5.74, 6) is 0.721. The predicted molar refractivity (Wildman–Crippen MR) is 46.2 cm³/mol. The van der Waals surface area contributed by atoms with Gasteiger partial charge in [0.25, 0.3) is 0 Å². The van der Waals surface area contributed by atoms with Crippen molar-refractivity contribution >= 4 is 0 Å². The Morgan fingerprint density at radius 3 is 3.17 bits per heavy atom. The Bertz CT molecular complexity index is 496. The highest BCUT2D eigenvalue weighted by Crippen LogP contribution is 2.34. The van der Waals surface area contributed by atoms with Crippen LogP contribution in [0.3, 0.4) is 0 Å². The van der Waals surface area contributed by atoms with E-state index < -0.39 is 0 Å². The lowest BCUT2D eigenvalue weighted by molar-refractivity contribution is 1.06. The molecular weight excluding hydrogens is 150 g/mol. The number of hydrogen-bond donors (Lipinski definition) is 2. The quantitative estimate of drug-likeness (QED) is 0.516. The molecule has 3 aliphatic rings. The Morgan fingerprint density at radius 1 is 1.25 bits per heavy atom. The lowest BCUT2D eigenvalue weighted by atomic mass is 10.2. The summed E-state index contributed by atoms with van der Waals surface area (Å²) in [6.07, 6.45) is 0. The molecule has 3 heteroatoms. The minimum atomic E-state index is 0.721. The van der Waals surface area contributed by atoms with Gasteiger partial charge in [0.15, 0.2) is 7.24 Å². The number of rotatable bonds is 0. The molecule has 12 heavy (non-hydrogen) atoms. The molecule has 3 rings (SSSR count). The molecular formula is C9H7N3. The molecule has 0 atom stereocenters. The normalized spacial score (nSPS) is 12.5. The van der Waals surface area contributed by atoms with Crippen molar-refractivity contribution in [3.8, 4) is 22.8 Å². The minimum Gasteiger partial charge on any atom is -0.333 e. The van der Waals surface area contributed by atoms with Crippen LogP contribution in [0.5, 0.6) is 0 Å². The van der Waals surface area contributed by atoms with Gasteiger partial charge in [0.1, 0.15) is 0 Å². The van der Waals surface area contributed by atoms with Crippen molar-refractivity contribution in [1.29, 1.82) is 0 Å². The summed E-state index contributed by atoms with van der Waals surface area (Å²) in [4.78, 5) is 1.33. The van der Waals surface area contributed by atoms with Crippen LogP contribution in [0.25, 0.3) is 22.8 Å². The molecule has 0 saturated heterocycles. The number of hydrogen-bond acceptors (Lipinski definition) is 1. The first-order chi connectivity index (χ1) is 6.38. The van der Waals surface area contributed by atoms with E-state index in [0.717, 1.165) is 22.8 Å². The van der Waals surface area contributed by atoms with Crippen LogP contribution >= 0.6 is 0 Å². The summed E-state index contributed by atoms with van der Waals surface area (Å²) in [7, 11) is 0. The second-order valence-corrected chi connectivity index (χ2v) is 2.75.